The molecular formula is C11H8F3N5S. The maximum Gasteiger partial charge on any atom is 0.405 e. The number of hydrogen-bond acceptors (Lipinski definition) is 5. The molecule has 5 nitrogen and oxygen atoms in total. The minimum atomic E-state index is -4.55. The number of halogens is 3. The number of aromatic nitrogens is 4. The third kappa shape index (κ3) is 3.27. The van der Waals surface area contributed by atoms with Crippen molar-refractivity contribution in [3.8, 4) is 11.8 Å². The fourth-order valence-electron chi connectivity index (χ4n) is 1.36. The Balaban J connectivity index is 2.13. The summed E-state index contributed by atoms with van der Waals surface area (Å²) in [7, 11) is 0. The van der Waals surface area contributed by atoms with Crippen LogP contribution in [0.3, 0.4) is 0 Å². The number of alkyl halides is 3. The monoisotopic (exact) mass is 299 g/mol. The number of para-hydroxylation sites is 1. The zero-order valence-corrected chi connectivity index (χ0v) is 10.8. The lowest BCUT2D eigenvalue weighted by Gasteiger charge is -2.12. The van der Waals surface area contributed by atoms with E-state index in [4.69, 9.17) is 5.26 Å². The second-order valence-electron chi connectivity index (χ2n) is 3.74. The number of tetrazole rings is 1. The number of nitriles is 1. The van der Waals surface area contributed by atoms with Gasteiger partial charge in [0.1, 0.15) is 0 Å². The van der Waals surface area contributed by atoms with Gasteiger partial charge in [-0.05, 0) is 22.6 Å². The van der Waals surface area contributed by atoms with E-state index in [-0.39, 0.29) is 5.16 Å². The van der Waals surface area contributed by atoms with Crippen molar-refractivity contribution in [1.82, 2.24) is 20.2 Å². The van der Waals surface area contributed by atoms with Gasteiger partial charge >= 0.3 is 6.18 Å². The molecule has 104 valence electrons. The predicted molar refractivity (Wildman–Crippen MR) is 65.0 cm³/mol. The van der Waals surface area contributed by atoms with Gasteiger partial charge in [-0.25, -0.2) is 0 Å². The summed E-state index contributed by atoms with van der Waals surface area (Å²) >= 11 is 0.792. The molecule has 1 aromatic heterocycles. The molecule has 0 saturated heterocycles. The van der Waals surface area contributed by atoms with E-state index < -0.39 is 17.8 Å². The third-order valence-corrected chi connectivity index (χ3v) is 3.38. The van der Waals surface area contributed by atoms with Crippen molar-refractivity contribution in [2.24, 2.45) is 5.92 Å². The fourth-order valence-corrected chi connectivity index (χ4v) is 2.30. The van der Waals surface area contributed by atoms with Crippen molar-refractivity contribution >= 4 is 11.8 Å². The maximum absolute atomic E-state index is 12.5. The lowest BCUT2D eigenvalue weighted by Crippen LogP contribution is -2.23. The minimum absolute atomic E-state index is 0.209. The summed E-state index contributed by atoms with van der Waals surface area (Å²) in [6.07, 6.45) is -4.55. The molecule has 2 rings (SSSR count). The predicted octanol–water partition coefficient (Wildman–Crippen LogP) is 2.46. The Morgan fingerprint density at radius 2 is 2.00 bits per heavy atom. The quantitative estimate of drug-likeness (QED) is 0.811. The number of benzene rings is 1. The number of nitrogens with zero attached hydrogens (tertiary/aromatic N) is 5. The molecule has 0 aliphatic heterocycles. The van der Waals surface area contributed by atoms with Gasteiger partial charge in [0.05, 0.1) is 11.8 Å². The topological polar surface area (TPSA) is 67.4 Å². The van der Waals surface area contributed by atoms with Gasteiger partial charge in [0, 0.05) is 5.75 Å². The summed E-state index contributed by atoms with van der Waals surface area (Å²) in [6.45, 7) is 0. The number of thioether (sulfide) groups is 1. The molecule has 0 spiro atoms. The summed E-state index contributed by atoms with van der Waals surface area (Å²) in [5, 5.41) is 19.6. The largest absolute Gasteiger partial charge is 0.405 e. The molecule has 0 amide bonds. The van der Waals surface area contributed by atoms with Crippen LogP contribution in [0.5, 0.6) is 0 Å². The van der Waals surface area contributed by atoms with Crippen molar-refractivity contribution in [3.63, 3.8) is 0 Å². The van der Waals surface area contributed by atoms with Crippen LogP contribution in [0.4, 0.5) is 13.2 Å². The van der Waals surface area contributed by atoms with Crippen molar-refractivity contribution in [3.05, 3.63) is 30.3 Å². The van der Waals surface area contributed by atoms with E-state index in [2.05, 4.69) is 15.5 Å². The highest BCUT2D eigenvalue weighted by Gasteiger charge is 2.40. The Hall–Kier alpha value is -2.08. The van der Waals surface area contributed by atoms with Gasteiger partial charge in [0.25, 0.3) is 0 Å². The summed E-state index contributed by atoms with van der Waals surface area (Å²) in [5.41, 5.74) is 0.639. The third-order valence-electron chi connectivity index (χ3n) is 2.37. The Morgan fingerprint density at radius 1 is 1.30 bits per heavy atom. The van der Waals surface area contributed by atoms with Gasteiger partial charge in [-0.1, -0.05) is 30.0 Å². The Kier molecular flexibility index (Phi) is 4.24. The van der Waals surface area contributed by atoms with Crippen LogP contribution in [0.25, 0.3) is 5.69 Å². The second-order valence-corrected chi connectivity index (χ2v) is 4.73. The molecule has 0 saturated carbocycles. The highest BCUT2D eigenvalue weighted by Crippen LogP contribution is 2.30. The molecule has 0 aliphatic rings. The first-order valence-corrected chi connectivity index (χ1v) is 6.44. The lowest BCUT2D eigenvalue weighted by atomic mass is 10.2. The Bertz CT molecular complexity index is 605. The van der Waals surface area contributed by atoms with Crippen LogP contribution in [-0.2, 0) is 0 Å². The molecule has 20 heavy (non-hydrogen) atoms. The number of rotatable bonds is 4. The zero-order valence-electron chi connectivity index (χ0n) is 9.95. The summed E-state index contributed by atoms with van der Waals surface area (Å²) < 4.78 is 38.8. The molecule has 1 heterocycles. The molecule has 0 radical (unpaired) electrons. The SMILES string of the molecule is N#CC(CSc1nnnn1-c1ccccc1)C(F)(F)F. The van der Waals surface area contributed by atoms with Crippen LogP contribution in [-0.4, -0.2) is 32.1 Å². The van der Waals surface area contributed by atoms with E-state index in [0.717, 1.165) is 11.8 Å². The zero-order chi connectivity index (χ0) is 14.6. The lowest BCUT2D eigenvalue weighted by molar-refractivity contribution is -0.152. The molecule has 0 fully saturated rings. The average molecular weight is 299 g/mol. The Morgan fingerprint density at radius 3 is 2.60 bits per heavy atom. The first-order valence-electron chi connectivity index (χ1n) is 5.45. The molecule has 0 bridgehead atoms. The van der Waals surface area contributed by atoms with Crippen LogP contribution in [0.1, 0.15) is 0 Å². The van der Waals surface area contributed by atoms with E-state index >= 15 is 0 Å². The average Bonchev–Trinajstić information content (AvgIpc) is 2.87. The van der Waals surface area contributed by atoms with E-state index in [9.17, 15) is 13.2 Å². The number of hydrogen-bond donors (Lipinski definition) is 0. The van der Waals surface area contributed by atoms with Gasteiger partial charge in [-0.3, -0.25) is 0 Å². The highest BCUT2D eigenvalue weighted by atomic mass is 32.2. The smallest absolute Gasteiger partial charge is 0.198 e. The normalized spacial score (nSPS) is 12.9. The maximum atomic E-state index is 12.5. The van der Waals surface area contributed by atoms with Crippen molar-refractivity contribution < 1.29 is 13.2 Å². The summed E-state index contributed by atoms with van der Waals surface area (Å²) in [4.78, 5) is 0. The van der Waals surface area contributed by atoms with Crippen LogP contribution >= 0.6 is 11.8 Å². The van der Waals surface area contributed by atoms with Crippen LogP contribution in [0.15, 0.2) is 35.5 Å². The van der Waals surface area contributed by atoms with Crippen molar-refractivity contribution in [1.29, 1.82) is 5.26 Å². The molecule has 2 aromatic rings. The van der Waals surface area contributed by atoms with Gasteiger partial charge in [0.15, 0.2) is 5.92 Å². The van der Waals surface area contributed by atoms with Crippen LogP contribution < -0.4 is 0 Å². The molecule has 9 heteroatoms. The van der Waals surface area contributed by atoms with E-state index in [0.29, 0.717) is 5.69 Å². The van der Waals surface area contributed by atoms with Crippen molar-refractivity contribution in [2.75, 3.05) is 5.75 Å². The van der Waals surface area contributed by atoms with Gasteiger partial charge < -0.3 is 0 Å². The standard InChI is InChI=1S/C11H8F3N5S/c12-11(13,14)8(6-15)7-20-10-16-17-18-19(10)9-4-2-1-3-5-9/h1-5,8H,7H2. The molecule has 0 N–H and O–H groups in total. The molecule has 1 unspecified atom stereocenters. The molecule has 1 atom stereocenters. The van der Waals surface area contributed by atoms with Gasteiger partial charge in [-0.2, -0.15) is 23.1 Å². The molecular weight excluding hydrogens is 291 g/mol. The first kappa shape index (κ1) is 14.3. The summed E-state index contributed by atoms with van der Waals surface area (Å²) in [5.74, 6) is -2.50. The first-order chi connectivity index (χ1) is 9.52. The Labute approximate surface area is 116 Å². The van der Waals surface area contributed by atoms with Gasteiger partial charge in [0.2, 0.25) is 5.16 Å². The molecule has 0 aliphatic carbocycles. The van der Waals surface area contributed by atoms with E-state index in [1.807, 2.05) is 0 Å². The highest BCUT2D eigenvalue weighted by molar-refractivity contribution is 7.99. The summed E-state index contributed by atoms with van der Waals surface area (Å²) in [6, 6.07) is 10.0. The van der Waals surface area contributed by atoms with Crippen LogP contribution in [0, 0.1) is 17.2 Å². The second kappa shape index (κ2) is 5.92. The fraction of sp³-hybridized carbons (Fsp3) is 0.273. The van der Waals surface area contributed by atoms with Crippen LogP contribution in [0.2, 0.25) is 0 Å². The van der Waals surface area contributed by atoms with Gasteiger partial charge in [-0.15, -0.1) is 5.10 Å². The minimum Gasteiger partial charge on any atom is -0.198 e. The van der Waals surface area contributed by atoms with E-state index in [1.54, 1.807) is 30.3 Å². The molecule has 1 aromatic carbocycles. The van der Waals surface area contributed by atoms with Crippen molar-refractivity contribution in [2.45, 2.75) is 11.3 Å². The van der Waals surface area contributed by atoms with E-state index in [1.165, 1.54) is 10.8 Å².